The molecule has 0 atom stereocenters. The van der Waals surface area contributed by atoms with Gasteiger partial charge in [0, 0.05) is 13.1 Å². The minimum Gasteiger partial charge on any atom is -0.341 e. The summed E-state index contributed by atoms with van der Waals surface area (Å²) in [5, 5.41) is 0.0147. The summed E-state index contributed by atoms with van der Waals surface area (Å²) >= 11 is 5.87. The van der Waals surface area contributed by atoms with Crippen LogP contribution >= 0.6 is 11.6 Å². The van der Waals surface area contributed by atoms with E-state index in [-0.39, 0.29) is 28.7 Å². The smallest absolute Gasteiger partial charge is 0.300 e. The van der Waals surface area contributed by atoms with Gasteiger partial charge in [0.1, 0.15) is 12.4 Å². The second-order valence-electron chi connectivity index (χ2n) is 5.06. The first-order chi connectivity index (χ1) is 10.0. The zero-order valence-corrected chi connectivity index (χ0v) is 11.8. The minimum absolute atomic E-state index is 0.0147. The first kappa shape index (κ1) is 14.0. The zero-order chi connectivity index (χ0) is 15.1. The van der Waals surface area contributed by atoms with Crippen LogP contribution in [0.25, 0.3) is 0 Å². The van der Waals surface area contributed by atoms with Crippen molar-refractivity contribution >= 4 is 34.9 Å². The first-order valence-electron chi connectivity index (χ1n) is 6.62. The summed E-state index contributed by atoms with van der Waals surface area (Å²) in [5.41, 5.74) is -0.346. The maximum Gasteiger partial charge on any atom is 0.300 e. The van der Waals surface area contributed by atoms with Gasteiger partial charge < -0.3 is 4.90 Å². The number of rotatable bonds is 2. The Morgan fingerprint density at radius 1 is 1.24 bits per heavy atom. The highest BCUT2D eigenvalue weighted by atomic mass is 35.5. The second kappa shape index (κ2) is 5.11. The molecule has 2 amide bonds. The van der Waals surface area contributed by atoms with E-state index in [1.165, 1.54) is 6.07 Å². The van der Waals surface area contributed by atoms with Crippen molar-refractivity contribution in [2.45, 2.75) is 12.8 Å². The number of hydrogen-bond donors (Lipinski definition) is 0. The predicted octanol–water partition coefficient (Wildman–Crippen LogP) is 1.63. The molecule has 0 aliphatic carbocycles. The van der Waals surface area contributed by atoms with Gasteiger partial charge in [-0.3, -0.25) is 19.3 Å². The number of carbonyl (C=O) groups is 3. The molecule has 0 unspecified atom stereocenters. The van der Waals surface area contributed by atoms with Crippen molar-refractivity contribution in [3.63, 3.8) is 0 Å². The second-order valence-corrected chi connectivity index (χ2v) is 5.47. The summed E-state index contributed by atoms with van der Waals surface area (Å²) in [6.07, 6.45) is 1.82. The summed E-state index contributed by atoms with van der Waals surface area (Å²) in [6.45, 7) is 0.911. The molecule has 5 nitrogen and oxygen atoms in total. The van der Waals surface area contributed by atoms with Crippen molar-refractivity contribution in [2.24, 2.45) is 0 Å². The molecule has 0 N–H and O–H groups in total. The van der Waals surface area contributed by atoms with Gasteiger partial charge in [-0.05, 0) is 25.0 Å². The first-order valence-corrected chi connectivity index (χ1v) is 7.00. The van der Waals surface area contributed by atoms with Crippen LogP contribution in [0.5, 0.6) is 0 Å². The Kier molecular flexibility index (Phi) is 3.41. The SMILES string of the molecule is O=C1C(=O)N(CC(=O)N2CCCC2)c2c(F)ccc(Cl)c21. The highest BCUT2D eigenvalue weighted by Gasteiger charge is 2.41. The Bertz CT molecular complexity index is 656. The lowest BCUT2D eigenvalue weighted by Crippen LogP contribution is -2.41. The number of amides is 2. The summed E-state index contributed by atoms with van der Waals surface area (Å²) in [4.78, 5) is 38.5. The Morgan fingerprint density at radius 2 is 1.90 bits per heavy atom. The van der Waals surface area contributed by atoms with Crippen molar-refractivity contribution in [2.75, 3.05) is 24.5 Å². The van der Waals surface area contributed by atoms with Crippen LogP contribution in [-0.4, -0.2) is 42.1 Å². The lowest BCUT2D eigenvalue weighted by atomic mass is 10.1. The molecule has 0 bridgehead atoms. The molecule has 2 aliphatic heterocycles. The van der Waals surface area contributed by atoms with Crippen molar-refractivity contribution < 1.29 is 18.8 Å². The third-order valence-electron chi connectivity index (χ3n) is 3.77. The monoisotopic (exact) mass is 310 g/mol. The number of Topliss-reactive ketones (excluding diaryl/α,β-unsaturated/α-hetero) is 1. The van der Waals surface area contributed by atoms with Gasteiger partial charge in [0.2, 0.25) is 5.91 Å². The van der Waals surface area contributed by atoms with Gasteiger partial charge in [-0.15, -0.1) is 0 Å². The van der Waals surface area contributed by atoms with Crippen LogP contribution in [0.15, 0.2) is 12.1 Å². The molecule has 0 saturated carbocycles. The molecule has 1 saturated heterocycles. The van der Waals surface area contributed by atoms with Crippen LogP contribution in [0, 0.1) is 5.82 Å². The van der Waals surface area contributed by atoms with E-state index in [1.54, 1.807) is 4.90 Å². The van der Waals surface area contributed by atoms with E-state index in [0.717, 1.165) is 23.8 Å². The summed E-state index contributed by atoms with van der Waals surface area (Å²) in [6, 6.07) is 2.31. The van der Waals surface area contributed by atoms with E-state index < -0.39 is 17.5 Å². The maximum absolute atomic E-state index is 14.0. The summed E-state index contributed by atoms with van der Waals surface area (Å²) < 4.78 is 14.0. The van der Waals surface area contributed by atoms with Gasteiger partial charge in [-0.2, -0.15) is 0 Å². The molecule has 0 aromatic heterocycles. The number of anilines is 1. The molecule has 1 aromatic rings. The number of benzene rings is 1. The molecule has 0 radical (unpaired) electrons. The summed E-state index contributed by atoms with van der Waals surface area (Å²) in [7, 11) is 0. The molecule has 3 rings (SSSR count). The molecule has 2 aliphatic rings. The molecule has 7 heteroatoms. The van der Waals surface area contributed by atoms with E-state index in [9.17, 15) is 18.8 Å². The lowest BCUT2D eigenvalue weighted by Gasteiger charge is -2.21. The number of ketones is 1. The van der Waals surface area contributed by atoms with E-state index in [4.69, 9.17) is 11.6 Å². The average Bonchev–Trinajstić information content (AvgIpc) is 3.06. The Balaban J connectivity index is 1.94. The van der Waals surface area contributed by atoms with Gasteiger partial charge in [-0.25, -0.2) is 4.39 Å². The fourth-order valence-corrected chi connectivity index (χ4v) is 2.94. The number of carbonyl (C=O) groups excluding carboxylic acids is 3. The normalized spacial score (nSPS) is 17.6. The predicted molar refractivity (Wildman–Crippen MR) is 73.9 cm³/mol. The number of hydrogen-bond acceptors (Lipinski definition) is 3. The van der Waals surface area contributed by atoms with E-state index in [0.29, 0.717) is 13.1 Å². The number of nitrogens with zero attached hydrogens (tertiary/aromatic N) is 2. The van der Waals surface area contributed by atoms with Gasteiger partial charge >= 0.3 is 0 Å². The highest BCUT2D eigenvalue weighted by molar-refractivity contribution is 6.55. The number of likely N-dealkylation sites (tertiary alicyclic amines) is 1. The van der Waals surface area contributed by atoms with Crippen LogP contribution in [0.2, 0.25) is 5.02 Å². The van der Waals surface area contributed by atoms with Gasteiger partial charge in [-0.1, -0.05) is 11.6 Å². The van der Waals surface area contributed by atoms with Crippen LogP contribution in [0.1, 0.15) is 23.2 Å². The van der Waals surface area contributed by atoms with E-state index in [2.05, 4.69) is 0 Å². The molecular weight excluding hydrogens is 299 g/mol. The van der Waals surface area contributed by atoms with Crippen LogP contribution in [0.3, 0.4) is 0 Å². The zero-order valence-electron chi connectivity index (χ0n) is 11.1. The van der Waals surface area contributed by atoms with Gasteiger partial charge in [0.05, 0.1) is 16.3 Å². The molecule has 21 heavy (non-hydrogen) atoms. The fourth-order valence-electron chi connectivity index (χ4n) is 2.70. The van der Waals surface area contributed by atoms with E-state index >= 15 is 0 Å². The largest absolute Gasteiger partial charge is 0.341 e. The fraction of sp³-hybridized carbons (Fsp3) is 0.357. The van der Waals surface area contributed by atoms with Crippen LogP contribution in [-0.2, 0) is 9.59 Å². The minimum atomic E-state index is -0.912. The Morgan fingerprint density at radius 3 is 2.57 bits per heavy atom. The van der Waals surface area contributed by atoms with Crippen molar-refractivity contribution in [3.05, 3.63) is 28.5 Å². The highest BCUT2D eigenvalue weighted by Crippen LogP contribution is 2.36. The topological polar surface area (TPSA) is 57.7 Å². The number of halogens is 2. The molecular formula is C14H12ClFN2O3. The third kappa shape index (κ3) is 2.19. The van der Waals surface area contributed by atoms with Crippen molar-refractivity contribution in [1.82, 2.24) is 4.90 Å². The van der Waals surface area contributed by atoms with Crippen LogP contribution in [0.4, 0.5) is 10.1 Å². The molecule has 2 heterocycles. The standard InChI is InChI=1S/C14H12ClFN2O3/c15-8-3-4-9(16)12-11(8)13(20)14(21)18(12)7-10(19)17-5-1-2-6-17/h3-4H,1-2,5-7H2. The molecule has 1 aromatic carbocycles. The summed E-state index contributed by atoms with van der Waals surface area (Å²) in [5.74, 6) is -2.81. The van der Waals surface area contributed by atoms with Crippen LogP contribution < -0.4 is 4.90 Å². The van der Waals surface area contributed by atoms with Gasteiger partial charge in [0.25, 0.3) is 11.7 Å². The Labute approximate surface area is 125 Å². The Hall–Kier alpha value is -1.95. The molecule has 0 spiro atoms. The van der Waals surface area contributed by atoms with Gasteiger partial charge in [0.15, 0.2) is 0 Å². The molecule has 110 valence electrons. The maximum atomic E-state index is 14.0. The number of fused-ring (bicyclic) bond motifs is 1. The third-order valence-corrected chi connectivity index (χ3v) is 4.08. The quantitative estimate of drug-likeness (QED) is 0.780. The van der Waals surface area contributed by atoms with Crippen molar-refractivity contribution in [1.29, 1.82) is 0 Å². The van der Waals surface area contributed by atoms with E-state index in [1.807, 2.05) is 0 Å². The molecule has 1 fully saturated rings. The van der Waals surface area contributed by atoms with Crippen molar-refractivity contribution in [3.8, 4) is 0 Å². The average molecular weight is 311 g/mol. The lowest BCUT2D eigenvalue weighted by molar-refractivity contribution is -0.129.